The highest BCUT2D eigenvalue weighted by atomic mass is 16.6. The molecule has 0 fully saturated rings. The van der Waals surface area contributed by atoms with E-state index in [9.17, 15) is 10.1 Å². The SMILES string of the molecule is O=[N+]([O-])c1ccccc1Nc1c(-c2ccccc2)cc(-c2ccccc2)cc1-c1ccccc1. The van der Waals surface area contributed by atoms with Gasteiger partial charge in [-0.1, -0.05) is 103 Å². The Labute approximate surface area is 198 Å². The average Bonchev–Trinajstić information content (AvgIpc) is 2.90. The minimum Gasteiger partial charge on any atom is -0.349 e. The van der Waals surface area contributed by atoms with Crippen LogP contribution in [0.3, 0.4) is 0 Å². The fraction of sp³-hybridized carbons (Fsp3) is 0. The number of benzene rings is 5. The Bertz CT molecular complexity index is 1370. The van der Waals surface area contributed by atoms with E-state index in [1.54, 1.807) is 18.2 Å². The first-order valence-corrected chi connectivity index (χ1v) is 11.1. The van der Waals surface area contributed by atoms with Crippen molar-refractivity contribution in [2.24, 2.45) is 0 Å². The van der Waals surface area contributed by atoms with E-state index in [2.05, 4.69) is 53.8 Å². The molecule has 0 unspecified atom stereocenters. The number of nitrogens with zero attached hydrogens (tertiary/aromatic N) is 1. The second-order valence-electron chi connectivity index (χ2n) is 7.94. The summed E-state index contributed by atoms with van der Waals surface area (Å²) in [6, 6.07) is 41.5. The monoisotopic (exact) mass is 442 g/mol. The Hall–Kier alpha value is -4.70. The summed E-state index contributed by atoms with van der Waals surface area (Å²) in [6.45, 7) is 0. The van der Waals surface area contributed by atoms with Gasteiger partial charge in [-0.05, 0) is 40.5 Å². The quantitative estimate of drug-likeness (QED) is 0.212. The van der Waals surface area contributed by atoms with Gasteiger partial charge in [0.1, 0.15) is 5.69 Å². The van der Waals surface area contributed by atoms with E-state index in [4.69, 9.17) is 0 Å². The van der Waals surface area contributed by atoms with Crippen LogP contribution >= 0.6 is 0 Å². The van der Waals surface area contributed by atoms with Crippen LogP contribution < -0.4 is 5.32 Å². The van der Waals surface area contributed by atoms with E-state index in [-0.39, 0.29) is 10.6 Å². The maximum atomic E-state index is 11.7. The number of para-hydroxylation sites is 2. The van der Waals surface area contributed by atoms with Gasteiger partial charge in [-0.3, -0.25) is 10.1 Å². The van der Waals surface area contributed by atoms with Crippen molar-refractivity contribution in [3.8, 4) is 33.4 Å². The van der Waals surface area contributed by atoms with Crippen LogP contribution in [0.15, 0.2) is 127 Å². The molecule has 0 radical (unpaired) electrons. The molecule has 0 atom stereocenters. The molecule has 4 heteroatoms. The first-order valence-electron chi connectivity index (χ1n) is 11.1. The van der Waals surface area contributed by atoms with Gasteiger partial charge >= 0.3 is 0 Å². The molecule has 4 nitrogen and oxygen atoms in total. The average molecular weight is 443 g/mol. The molecule has 164 valence electrons. The third kappa shape index (κ3) is 4.30. The van der Waals surface area contributed by atoms with E-state index in [0.29, 0.717) is 5.69 Å². The molecule has 0 bridgehead atoms. The van der Waals surface area contributed by atoms with Crippen molar-refractivity contribution in [3.05, 3.63) is 138 Å². The molecule has 34 heavy (non-hydrogen) atoms. The lowest BCUT2D eigenvalue weighted by atomic mass is 9.91. The number of anilines is 2. The van der Waals surface area contributed by atoms with E-state index in [1.165, 1.54) is 6.07 Å². The number of nitrogens with one attached hydrogen (secondary N) is 1. The van der Waals surface area contributed by atoms with Gasteiger partial charge in [0.05, 0.1) is 10.6 Å². The summed E-state index contributed by atoms with van der Waals surface area (Å²) in [7, 11) is 0. The zero-order valence-corrected chi connectivity index (χ0v) is 18.4. The maximum Gasteiger partial charge on any atom is 0.292 e. The molecular weight excluding hydrogens is 420 g/mol. The summed E-state index contributed by atoms with van der Waals surface area (Å²) in [5.41, 5.74) is 7.49. The fourth-order valence-corrected chi connectivity index (χ4v) is 4.14. The van der Waals surface area contributed by atoms with Crippen molar-refractivity contribution in [2.45, 2.75) is 0 Å². The Morgan fingerprint density at radius 3 is 1.47 bits per heavy atom. The van der Waals surface area contributed by atoms with Crippen molar-refractivity contribution >= 4 is 17.1 Å². The number of nitro groups is 1. The molecule has 0 aliphatic carbocycles. The molecular formula is C30H22N2O2. The zero-order chi connectivity index (χ0) is 23.3. The minimum absolute atomic E-state index is 0.0349. The van der Waals surface area contributed by atoms with E-state index >= 15 is 0 Å². The van der Waals surface area contributed by atoms with Crippen LogP contribution in [0.2, 0.25) is 0 Å². The third-order valence-electron chi connectivity index (χ3n) is 5.78. The van der Waals surface area contributed by atoms with Gasteiger partial charge in [0, 0.05) is 17.2 Å². The topological polar surface area (TPSA) is 55.2 Å². The van der Waals surface area contributed by atoms with Crippen molar-refractivity contribution in [2.75, 3.05) is 5.32 Å². The number of nitro benzene ring substituents is 1. The van der Waals surface area contributed by atoms with Gasteiger partial charge in [-0.15, -0.1) is 0 Å². The molecule has 0 aliphatic heterocycles. The van der Waals surface area contributed by atoms with Gasteiger partial charge < -0.3 is 5.32 Å². The molecule has 0 aliphatic rings. The molecule has 5 aromatic carbocycles. The largest absolute Gasteiger partial charge is 0.349 e. The van der Waals surface area contributed by atoms with Crippen LogP contribution in [-0.2, 0) is 0 Å². The highest BCUT2D eigenvalue weighted by Crippen LogP contribution is 2.43. The summed E-state index contributed by atoms with van der Waals surface area (Å²) in [4.78, 5) is 11.4. The lowest BCUT2D eigenvalue weighted by molar-refractivity contribution is -0.383. The van der Waals surface area contributed by atoms with E-state index < -0.39 is 0 Å². The number of hydrogen-bond acceptors (Lipinski definition) is 3. The molecule has 5 rings (SSSR count). The standard InChI is InChI=1S/C30H22N2O2/c33-32(34)29-19-11-10-18-28(29)31-30-26(23-14-6-2-7-15-23)20-25(22-12-4-1-5-13-22)21-27(30)24-16-8-3-9-17-24/h1-21,31H. The van der Waals surface area contributed by atoms with Gasteiger partial charge in [0.2, 0.25) is 0 Å². The molecule has 0 heterocycles. The van der Waals surface area contributed by atoms with Crippen LogP contribution in [0, 0.1) is 10.1 Å². The van der Waals surface area contributed by atoms with Crippen LogP contribution in [0.25, 0.3) is 33.4 Å². The fourth-order valence-electron chi connectivity index (χ4n) is 4.14. The molecule has 5 aromatic rings. The lowest BCUT2D eigenvalue weighted by Crippen LogP contribution is -2.01. The first kappa shape index (κ1) is 21.2. The summed E-state index contributed by atoms with van der Waals surface area (Å²) >= 11 is 0. The van der Waals surface area contributed by atoms with Crippen molar-refractivity contribution in [1.29, 1.82) is 0 Å². The summed E-state index contributed by atoms with van der Waals surface area (Å²) in [5, 5.41) is 15.2. The van der Waals surface area contributed by atoms with E-state index in [1.807, 2.05) is 54.6 Å². The summed E-state index contributed by atoms with van der Waals surface area (Å²) in [6.07, 6.45) is 0. The molecule has 1 N–H and O–H groups in total. The Balaban J connectivity index is 1.80. The van der Waals surface area contributed by atoms with E-state index in [0.717, 1.165) is 39.1 Å². The Kier molecular flexibility index (Phi) is 5.87. The highest BCUT2D eigenvalue weighted by Gasteiger charge is 2.19. The van der Waals surface area contributed by atoms with Gasteiger partial charge in [-0.25, -0.2) is 0 Å². The number of rotatable bonds is 6. The van der Waals surface area contributed by atoms with Crippen LogP contribution in [0.4, 0.5) is 17.1 Å². The molecule has 0 aromatic heterocycles. The Morgan fingerprint density at radius 1 is 0.529 bits per heavy atom. The zero-order valence-electron chi connectivity index (χ0n) is 18.4. The Morgan fingerprint density at radius 2 is 0.971 bits per heavy atom. The summed E-state index contributed by atoms with van der Waals surface area (Å²) in [5.74, 6) is 0. The van der Waals surface area contributed by atoms with Gasteiger partial charge in [-0.2, -0.15) is 0 Å². The predicted molar refractivity (Wildman–Crippen MR) is 139 cm³/mol. The van der Waals surface area contributed by atoms with Gasteiger partial charge in [0.15, 0.2) is 0 Å². The van der Waals surface area contributed by atoms with Crippen molar-refractivity contribution in [1.82, 2.24) is 0 Å². The minimum atomic E-state index is -0.356. The predicted octanol–water partition coefficient (Wildman–Crippen LogP) is 8.34. The molecule has 0 saturated carbocycles. The van der Waals surface area contributed by atoms with Gasteiger partial charge in [0.25, 0.3) is 5.69 Å². The molecule has 0 spiro atoms. The third-order valence-corrected chi connectivity index (χ3v) is 5.78. The maximum absolute atomic E-state index is 11.7. The number of hydrogen-bond donors (Lipinski definition) is 1. The molecule has 0 saturated heterocycles. The van der Waals surface area contributed by atoms with Crippen LogP contribution in [-0.4, -0.2) is 4.92 Å². The lowest BCUT2D eigenvalue weighted by Gasteiger charge is -2.20. The highest BCUT2D eigenvalue weighted by molar-refractivity contribution is 5.97. The van der Waals surface area contributed by atoms with Crippen molar-refractivity contribution < 1.29 is 4.92 Å². The van der Waals surface area contributed by atoms with Crippen molar-refractivity contribution in [3.63, 3.8) is 0 Å². The normalized spacial score (nSPS) is 10.6. The first-order chi connectivity index (χ1) is 16.7. The molecule has 0 amide bonds. The van der Waals surface area contributed by atoms with Crippen LogP contribution in [0.5, 0.6) is 0 Å². The second-order valence-corrected chi connectivity index (χ2v) is 7.94. The second kappa shape index (κ2) is 9.43. The smallest absolute Gasteiger partial charge is 0.292 e. The summed E-state index contributed by atoms with van der Waals surface area (Å²) < 4.78 is 0. The van der Waals surface area contributed by atoms with Crippen LogP contribution in [0.1, 0.15) is 0 Å².